The Kier molecular flexibility index (Phi) is 5.36. The maximum Gasteiger partial charge on any atom is 0.325 e. The molecule has 3 rings (SSSR count). The number of piperidine rings is 1. The standard InChI is InChI=1S/C19H25N3O3/c1-14-9-11-21(12-10-14)17(23)13-22-18(24)16(20-19(22)25)8-7-15-5-3-2-4-6-15/h2-6,14,16H,7-13H2,1H3,(H,20,25). The molecule has 0 aromatic heterocycles. The molecule has 0 spiro atoms. The van der Waals surface area contributed by atoms with Gasteiger partial charge in [-0.2, -0.15) is 0 Å². The number of imide groups is 1. The van der Waals surface area contributed by atoms with Crippen LogP contribution in [0, 0.1) is 5.92 Å². The number of hydrogen-bond donors (Lipinski definition) is 1. The third-order valence-corrected chi connectivity index (χ3v) is 5.10. The van der Waals surface area contributed by atoms with Gasteiger partial charge in [0.15, 0.2) is 0 Å². The van der Waals surface area contributed by atoms with Crippen LogP contribution >= 0.6 is 0 Å². The molecule has 1 unspecified atom stereocenters. The van der Waals surface area contributed by atoms with Crippen molar-refractivity contribution in [2.24, 2.45) is 5.92 Å². The summed E-state index contributed by atoms with van der Waals surface area (Å²) in [6, 6.07) is 8.85. The van der Waals surface area contributed by atoms with Gasteiger partial charge in [-0.05, 0) is 37.2 Å². The molecule has 0 radical (unpaired) electrons. The Labute approximate surface area is 148 Å². The number of likely N-dealkylation sites (tertiary alicyclic amines) is 1. The van der Waals surface area contributed by atoms with Crippen molar-refractivity contribution in [2.75, 3.05) is 19.6 Å². The van der Waals surface area contributed by atoms with E-state index in [4.69, 9.17) is 0 Å². The number of carbonyl (C=O) groups is 3. The van der Waals surface area contributed by atoms with E-state index in [1.807, 2.05) is 30.3 Å². The molecule has 1 atom stereocenters. The van der Waals surface area contributed by atoms with Crippen LogP contribution in [0.4, 0.5) is 4.79 Å². The maximum atomic E-state index is 12.5. The number of benzene rings is 1. The van der Waals surface area contributed by atoms with Gasteiger partial charge < -0.3 is 10.2 Å². The normalized spacial score (nSPS) is 21.6. The molecule has 4 amide bonds. The van der Waals surface area contributed by atoms with E-state index in [0.717, 1.165) is 23.3 Å². The summed E-state index contributed by atoms with van der Waals surface area (Å²) in [5.74, 6) is 0.196. The molecule has 2 saturated heterocycles. The monoisotopic (exact) mass is 343 g/mol. The van der Waals surface area contributed by atoms with Crippen LogP contribution in [0.5, 0.6) is 0 Å². The Balaban J connectivity index is 1.53. The fourth-order valence-electron chi connectivity index (χ4n) is 3.37. The lowest BCUT2D eigenvalue weighted by molar-refractivity contribution is -0.138. The van der Waals surface area contributed by atoms with Crippen molar-refractivity contribution < 1.29 is 14.4 Å². The van der Waals surface area contributed by atoms with E-state index in [9.17, 15) is 14.4 Å². The molecular formula is C19H25N3O3. The largest absolute Gasteiger partial charge is 0.341 e. The lowest BCUT2D eigenvalue weighted by Crippen LogP contribution is -2.45. The van der Waals surface area contributed by atoms with Crippen molar-refractivity contribution in [1.29, 1.82) is 0 Å². The van der Waals surface area contributed by atoms with Crippen LogP contribution in [0.3, 0.4) is 0 Å². The molecular weight excluding hydrogens is 318 g/mol. The van der Waals surface area contributed by atoms with Gasteiger partial charge in [0.2, 0.25) is 5.91 Å². The second kappa shape index (κ2) is 7.68. The number of nitrogens with one attached hydrogen (secondary N) is 1. The van der Waals surface area contributed by atoms with Crippen molar-refractivity contribution in [3.05, 3.63) is 35.9 Å². The first-order valence-corrected chi connectivity index (χ1v) is 8.98. The Morgan fingerprint density at radius 2 is 1.84 bits per heavy atom. The van der Waals surface area contributed by atoms with Crippen LogP contribution in [0.25, 0.3) is 0 Å². The topological polar surface area (TPSA) is 69.7 Å². The Hall–Kier alpha value is -2.37. The zero-order valence-electron chi connectivity index (χ0n) is 14.6. The smallest absolute Gasteiger partial charge is 0.325 e. The highest BCUT2D eigenvalue weighted by molar-refractivity contribution is 6.06. The molecule has 1 N–H and O–H groups in total. The summed E-state index contributed by atoms with van der Waals surface area (Å²) in [7, 11) is 0. The summed E-state index contributed by atoms with van der Waals surface area (Å²) in [6.07, 6.45) is 3.21. The maximum absolute atomic E-state index is 12.5. The first kappa shape index (κ1) is 17.5. The van der Waals surface area contributed by atoms with E-state index in [-0.39, 0.29) is 18.4 Å². The van der Waals surface area contributed by atoms with Crippen LogP contribution in [0.15, 0.2) is 30.3 Å². The van der Waals surface area contributed by atoms with Gasteiger partial charge in [-0.3, -0.25) is 14.5 Å². The highest BCUT2D eigenvalue weighted by atomic mass is 16.2. The van der Waals surface area contributed by atoms with Gasteiger partial charge in [-0.25, -0.2) is 4.79 Å². The summed E-state index contributed by atoms with van der Waals surface area (Å²) < 4.78 is 0. The number of urea groups is 1. The Bertz CT molecular complexity index is 639. The summed E-state index contributed by atoms with van der Waals surface area (Å²) in [5, 5.41) is 2.71. The molecule has 1 aromatic rings. The average molecular weight is 343 g/mol. The molecule has 25 heavy (non-hydrogen) atoms. The minimum atomic E-state index is -0.540. The van der Waals surface area contributed by atoms with Gasteiger partial charge in [-0.15, -0.1) is 0 Å². The summed E-state index contributed by atoms with van der Waals surface area (Å²) in [5.41, 5.74) is 1.13. The molecule has 6 heteroatoms. The highest BCUT2D eigenvalue weighted by Gasteiger charge is 2.39. The molecule has 0 saturated carbocycles. The summed E-state index contributed by atoms with van der Waals surface area (Å²) in [6.45, 7) is 3.44. The zero-order chi connectivity index (χ0) is 17.8. The lowest BCUT2D eigenvalue weighted by Gasteiger charge is -2.31. The third kappa shape index (κ3) is 4.18. The Morgan fingerprint density at radius 1 is 1.16 bits per heavy atom. The average Bonchev–Trinajstić information content (AvgIpc) is 2.89. The molecule has 2 aliphatic rings. The van der Waals surface area contributed by atoms with E-state index < -0.39 is 12.1 Å². The number of amides is 4. The zero-order valence-corrected chi connectivity index (χ0v) is 14.6. The molecule has 6 nitrogen and oxygen atoms in total. The minimum absolute atomic E-state index is 0.140. The van der Waals surface area contributed by atoms with Gasteiger partial charge in [-0.1, -0.05) is 37.3 Å². The highest BCUT2D eigenvalue weighted by Crippen LogP contribution is 2.17. The lowest BCUT2D eigenvalue weighted by atomic mass is 9.99. The predicted octanol–water partition coefficient (Wildman–Crippen LogP) is 1.80. The SMILES string of the molecule is CC1CCN(C(=O)CN2C(=O)NC(CCc3ccccc3)C2=O)CC1. The third-order valence-electron chi connectivity index (χ3n) is 5.10. The number of carbonyl (C=O) groups excluding carboxylic acids is 3. The molecule has 2 heterocycles. The summed E-state index contributed by atoms with van der Waals surface area (Å²) >= 11 is 0. The van der Waals surface area contributed by atoms with Crippen molar-refractivity contribution in [3.63, 3.8) is 0 Å². The van der Waals surface area contributed by atoms with Gasteiger partial charge in [0.25, 0.3) is 5.91 Å². The first-order valence-electron chi connectivity index (χ1n) is 8.98. The fourth-order valence-corrected chi connectivity index (χ4v) is 3.37. The van der Waals surface area contributed by atoms with Gasteiger partial charge in [0.1, 0.15) is 12.6 Å². The van der Waals surface area contributed by atoms with Crippen molar-refractivity contribution in [3.8, 4) is 0 Å². The summed E-state index contributed by atoms with van der Waals surface area (Å²) in [4.78, 5) is 39.8. The van der Waals surface area contributed by atoms with Crippen molar-refractivity contribution >= 4 is 17.8 Å². The quantitative estimate of drug-likeness (QED) is 0.829. The second-order valence-electron chi connectivity index (χ2n) is 7.01. The van der Waals surface area contributed by atoms with Crippen LogP contribution < -0.4 is 5.32 Å². The van der Waals surface area contributed by atoms with Crippen LogP contribution in [-0.2, 0) is 16.0 Å². The van der Waals surface area contributed by atoms with E-state index >= 15 is 0 Å². The number of aryl methyl sites for hydroxylation is 1. The van der Waals surface area contributed by atoms with Gasteiger partial charge in [0.05, 0.1) is 0 Å². The molecule has 0 aliphatic carbocycles. The second-order valence-corrected chi connectivity index (χ2v) is 7.01. The predicted molar refractivity (Wildman–Crippen MR) is 93.8 cm³/mol. The Morgan fingerprint density at radius 3 is 2.52 bits per heavy atom. The van der Waals surface area contributed by atoms with Crippen LogP contribution in [0.2, 0.25) is 0 Å². The van der Waals surface area contributed by atoms with Crippen LogP contribution in [0.1, 0.15) is 31.7 Å². The van der Waals surface area contributed by atoms with Gasteiger partial charge >= 0.3 is 6.03 Å². The van der Waals surface area contributed by atoms with E-state index in [1.165, 1.54) is 0 Å². The van der Waals surface area contributed by atoms with E-state index in [1.54, 1.807) is 4.90 Å². The minimum Gasteiger partial charge on any atom is -0.341 e. The molecule has 2 fully saturated rings. The first-order chi connectivity index (χ1) is 12.0. The molecule has 134 valence electrons. The fraction of sp³-hybridized carbons (Fsp3) is 0.526. The molecule has 1 aromatic carbocycles. The number of nitrogens with zero attached hydrogens (tertiary/aromatic N) is 2. The van der Waals surface area contributed by atoms with Crippen molar-refractivity contribution in [1.82, 2.24) is 15.1 Å². The van der Waals surface area contributed by atoms with Crippen molar-refractivity contribution in [2.45, 2.75) is 38.6 Å². The van der Waals surface area contributed by atoms with Crippen LogP contribution in [-0.4, -0.2) is 53.3 Å². The molecule has 0 bridgehead atoms. The van der Waals surface area contributed by atoms with E-state index in [2.05, 4.69) is 12.2 Å². The number of rotatable bonds is 5. The van der Waals surface area contributed by atoms with E-state index in [0.29, 0.717) is 31.8 Å². The van der Waals surface area contributed by atoms with Gasteiger partial charge in [0, 0.05) is 13.1 Å². The molecule has 2 aliphatic heterocycles. The number of hydrogen-bond acceptors (Lipinski definition) is 3.